The summed E-state index contributed by atoms with van der Waals surface area (Å²) in [5.74, 6) is 0.281. The van der Waals surface area contributed by atoms with Crippen LogP contribution in [0, 0.1) is 10.1 Å². The van der Waals surface area contributed by atoms with Crippen molar-refractivity contribution >= 4 is 27.3 Å². The van der Waals surface area contributed by atoms with Gasteiger partial charge in [0, 0.05) is 11.0 Å². The van der Waals surface area contributed by atoms with E-state index in [0.717, 1.165) is 10.0 Å². The molecule has 0 heterocycles. The molecule has 0 spiro atoms. The predicted octanol–water partition coefficient (Wildman–Crippen LogP) is 4.37. The van der Waals surface area contributed by atoms with E-state index in [-0.39, 0.29) is 11.4 Å². The molecule has 0 radical (unpaired) electrons. The molecule has 0 saturated heterocycles. The molecule has 6 heteroatoms. The van der Waals surface area contributed by atoms with Gasteiger partial charge in [-0.15, -0.1) is 0 Å². The number of hydrogen-bond donors (Lipinski definition) is 1. The van der Waals surface area contributed by atoms with Gasteiger partial charge in [-0.2, -0.15) is 0 Å². The Morgan fingerprint density at radius 2 is 1.95 bits per heavy atom. The standard InChI is InChI=1S/C15H15BrN2O3/c1-2-21-14-5-3-4-13(15(14)18(19)20)17-10-11-6-8-12(16)9-7-11/h3-9,17H,2,10H2,1H3. The van der Waals surface area contributed by atoms with Gasteiger partial charge in [0.2, 0.25) is 0 Å². The number of nitro benzene ring substituents is 1. The third kappa shape index (κ3) is 3.95. The number of nitrogens with one attached hydrogen (secondary N) is 1. The van der Waals surface area contributed by atoms with Gasteiger partial charge in [0.15, 0.2) is 5.75 Å². The van der Waals surface area contributed by atoms with Gasteiger partial charge in [-0.3, -0.25) is 10.1 Å². The fourth-order valence-corrected chi connectivity index (χ4v) is 2.19. The van der Waals surface area contributed by atoms with Crippen LogP contribution >= 0.6 is 15.9 Å². The molecule has 0 unspecified atom stereocenters. The SMILES string of the molecule is CCOc1cccc(NCc2ccc(Br)cc2)c1[N+](=O)[O-]. The van der Waals surface area contributed by atoms with Crippen LogP contribution in [0.15, 0.2) is 46.9 Å². The molecule has 5 nitrogen and oxygen atoms in total. The Labute approximate surface area is 131 Å². The van der Waals surface area contributed by atoms with E-state index in [9.17, 15) is 10.1 Å². The maximum absolute atomic E-state index is 11.3. The number of halogens is 1. The molecule has 110 valence electrons. The number of nitrogens with zero attached hydrogens (tertiary/aromatic N) is 1. The monoisotopic (exact) mass is 350 g/mol. The normalized spacial score (nSPS) is 10.2. The van der Waals surface area contributed by atoms with E-state index in [1.54, 1.807) is 25.1 Å². The molecule has 0 fully saturated rings. The van der Waals surface area contributed by atoms with Gasteiger partial charge in [0.25, 0.3) is 0 Å². The van der Waals surface area contributed by atoms with E-state index < -0.39 is 4.92 Å². The molecule has 1 N–H and O–H groups in total. The topological polar surface area (TPSA) is 64.4 Å². The lowest BCUT2D eigenvalue weighted by atomic mass is 10.2. The molecular weight excluding hydrogens is 336 g/mol. The minimum atomic E-state index is -0.422. The number of ether oxygens (including phenoxy) is 1. The summed E-state index contributed by atoms with van der Waals surface area (Å²) >= 11 is 3.37. The van der Waals surface area contributed by atoms with Crippen molar-refractivity contribution in [2.45, 2.75) is 13.5 Å². The minimum absolute atomic E-state index is 0.0311. The van der Waals surface area contributed by atoms with E-state index in [4.69, 9.17) is 4.74 Å². The first-order chi connectivity index (χ1) is 10.1. The van der Waals surface area contributed by atoms with Crippen LogP contribution in [-0.2, 0) is 6.54 Å². The van der Waals surface area contributed by atoms with Gasteiger partial charge in [-0.1, -0.05) is 34.1 Å². The summed E-state index contributed by atoms with van der Waals surface area (Å²) in [6, 6.07) is 12.8. The molecule has 0 aliphatic rings. The van der Waals surface area contributed by atoms with E-state index in [1.807, 2.05) is 24.3 Å². The maximum atomic E-state index is 11.3. The molecule has 2 aromatic carbocycles. The molecular formula is C15H15BrN2O3. The fraction of sp³-hybridized carbons (Fsp3) is 0.200. The number of nitro groups is 1. The Kier molecular flexibility index (Phi) is 5.16. The van der Waals surface area contributed by atoms with Crippen molar-refractivity contribution in [3.63, 3.8) is 0 Å². The van der Waals surface area contributed by atoms with E-state index in [2.05, 4.69) is 21.2 Å². The Bertz CT molecular complexity index is 629. The highest BCUT2D eigenvalue weighted by Gasteiger charge is 2.20. The summed E-state index contributed by atoms with van der Waals surface area (Å²) in [4.78, 5) is 10.8. The third-order valence-electron chi connectivity index (χ3n) is 2.88. The molecule has 0 aromatic heterocycles. The van der Waals surface area contributed by atoms with E-state index in [1.165, 1.54) is 0 Å². The van der Waals surface area contributed by atoms with Gasteiger partial charge in [0.1, 0.15) is 5.69 Å². The number of benzene rings is 2. The summed E-state index contributed by atoms with van der Waals surface area (Å²) < 4.78 is 6.31. The zero-order valence-corrected chi connectivity index (χ0v) is 13.1. The highest BCUT2D eigenvalue weighted by molar-refractivity contribution is 9.10. The van der Waals surface area contributed by atoms with Gasteiger partial charge in [-0.25, -0.2) is 0 Å². The van der Waals surface area contributed by atoms with Crippen LogP contribution in [0.2, 0.25) is 0 Å². The molecule has 0 saturated carbocycles. The van der Waals surface area contributed by atoms with Crippen molar-refractivity contribution in [3.8, 4) is 5.75 Å². The molecule has 0 aliphatic carbocycles. The largest absolute Gasteiger partial charge is 0.487 e. The molecule has 0 amide bonds. The van der Waals surface area contributed by atoms with Crippen LogP contribution in [0.3, 0.4) is 0 Å². The average Bonchev–Trinajstić information content (AvgIpc) is 2.47. The van der Waals surface area contributed by atoms with Crippen LogP contribution in [0.5, 0.6) is 5.75 Å². The molecule has 21 heavy (non-hydrogen) atoms. The summed E-state index contributed by atoms with van der Waals surface area (Å²) in [6.45, 7) is 2.69. The smallest absolute Gasteiger partial charge is 0.333 e. The van der Waals surface area contributed by atoms with Crippen molar-refractivity contribution in [2.75, 3.05) is 11.9 Å². The van der Waals surface area contributed by atoms with Crippen LogP contribution in [0.4, 0.5) is 11.4 Å². The fourth-order valence-electron chi connectivity index (χ4n) is 1.92. The Morgan fingerprint density at radius 1 is 1.24 bits per heavy atom. The maximum Gasteiger partial charge on any atom is 0.333 e. The van der Waals surface area contributed by atoms with Gasteiger partial charge in [0.05, 0.1) is 11.5 Å². The van der Waals surface area contributed by atoms with E-state index in [0.29, 0.717) is 18.8 Å². The van der Waals surface area contributed by atoms with Crippen LogP contribution in [0.25, 0.3) is 0 Å². The molecule has 0 aliphatic heterocycles. The first-order valence-corrected chi connectivity index (χ1v) is 7.29. The lowest BCUT2D eigenvalue weighted by Gasteiger charge is -2.10. The van der Waals surface area contributed by atoms with Crippen LogP contribution in [-0.4, -0.2) is 11.5 Å². The van der Waals surface area contributed by atoms with Crippen molar-refractivity contribution < 1.29 is 9.66 Å². The highest BCUT2D eigenvalue weighted by atomic mass is 79.9. The number of anilines is 1. The summed E-state index contributed by atoms with van der Waals surface area (Å²) in [5.41, 5.74) is 1.46. The Hall–Kier alpha value is -2.08. The second kappa shape index (κ2) is 7.08. The Morgan fingerprint density at radius 3 is 2.57 bits per heavy atom. The first-order valence-electron chi connectivity index (χ1n) is 6.50. The number of hydrogen-bond acceptors (Lipinski definition) is 4. The van der Waals surface area contributed by atoms with Crippen LogP contribution in [0.1, 0.15) is 12.5 Å². The van der Waals surface area contributed by atoms with Crippen molar-refractivity contribution in [3.05, 3.63) is 62.6 Å². The van der Waals surface area contributed by atoms with Gasteiger partial charge in [-0.05, 0) is 36.8 Å². The minimum Gasteiger partial charge on any atom is -0.487 e. The van der Waals surface area contributed by atoms with Gasteiger partial charge >= 0.3 is 5.69 Å². The zero-order chi connectivity index (χ0) is 15.2. The second-order valence-corrected chi connectivity index (χ2v) is 5.24. The molecule has 0 bridgehead atoms. The highest BCUT2D eigenvalue weighted by Crippen LogP contribution is 2.35. The second-order valence-electron chi connectivity index (χ2n) is 4.32. The molecule has 2 aromatic rings. The zero-order valence-electron chi connectivity index (χ0n) is 11.5. The molecule has 0 atom stereocenters. The quantitative estimate of drug-likeness (QED) is 0.620. The summed E-state index contributed by atoms with van der Waals surface area (Å²) in [7, 11) is 0. The predicted molar refractivity (Wildman–Crippen MR) is 85.7 cm³/mol. The van der Waals surface area contributed by atoms with Crippen LogP contribution < -0.4 is 10.1 Å². The van der Waals surface area contributed by atoms with E-state index >= 15 is 0 Å². The lowest BCUT2D eigenvalue weighted by Crippen LogP contribution is -2.04. The molecule has 2 rings (SSSR count). The van der Waals surface area contributed by atoms with Crippen molar-refractivity contribution in [1.29, 1.82) is 0 Å². The van der Waals surface area contributed by atoms with Gasteiger partial charge < -0.3 is 10.1 Å². The Balaban J connectivity index is 2.21. The number of para-hydroxylation sites is 1. The summed E-state index contributed by atoms with van der Waals surface area (Å²) in [5, 5.41) is 14.3. The first kappa shape index (κ1) is 15.3. The number of rotatable bonds is 6. The van der Waals surface area contributed by atoms with Crippen molar-refractivity contribution in [2.24, 2.45) is 0 Å². The van der Waals surface area contributed by atoms with Crippen molar-refractivity contribution in [1.82, 2.24) is 0 Å². The third-order valence-corrected chi connectivity index (χ3v) is 3.41. The average molecular weight is 351 g/mol. The lowest BCUT2D eigenvalue weighted by molar-refractivity contribution is -0.384. The summed E-state index contributed by atoms with van der Waals surface area (Å²) in [6.07, 6.45) is 0.